The molecule has 0 radical (unpaired) electrons. The van der Waals surface area contributed by atoms with E-state index in [1.165, 1.54) is 30.7 Å². The van der Waals surface area contributed by atoms with Gasteiger partial charge in [-0.15, -0.1) is 0 Å². The Morgan fingerprint density at radius 3 is 2.95 bits per heavy atom. The van der Waals surface area contributed by atoms with Crippen LogP contribution in [-0.4, -0.2) is 17.4 Å². The van der Waals surface area contributed by atoms with Crippen LogP contribution in [0.15, 0.2) is 23.9 Å². The van der Waals surface area contributed by atoms with E-state index in [4.69, 9.17) is 23.2 Å². The van der Waals surface area contributed by atoms with Crippen molar-refractivity contribution < 1.29 is 4.79 Å². The standard InChI is InChI=1S/C14H16Cl2N2O/c15-12-9-18-13(16)8-11(12)14(19)17-7-6-10-4-2-1-3-5-10/h4,8-9H,1-3,5-7H2,(H,17,19). The molecule has 2 rings (SSSR count). The van der Waals surface area contributed by atoms with Crippen molar-refractivity contribution >= 4 is 29.1 Å². The summed E-state index contributed by atoms with van der Waals surface area (Å²) in [7, 11) is 0. The van der Waals surface area contributed by atoms with Crippen LogP contribution >= 0.6 is 23.2 Å². The molecule has 102 valence electrons. The molecular weight excluding hydrogens is 283 g/mol. The van der Waals surface area contributed by atoms with Crippen molar-refractivity contribution in [2.75, 3.05) is 6.54 Å². The van der Waals surface area contributed by atoms with Crippen LogP contribution in [0.1, 0.15) is 42.5 Å². The first kappa shape index (κ1) is 14.4. The number of hydrogen-bond acceptors (Lipinski definition) is 2. The number of carbonyl (C=O) groups excluding carboxylic acids is 1. The number of amides is 1. The van der Waals surface area contributed by atoms with E-state index in [9.17, 15) is 4.79 Å². The molecule has 1 aliphatic carbocycles. The molecule has 0 fully saturated rings. The number of hydrogen-bond donors (Lipinski definition) is 1. The number of allylic oxidation sites excluding steroid dienone is 1. The number of pyridine rings is 1. The lowest BCUT2D eigenvalue weighted by Gasteiger charge is -2.13. The third kappa shape index (κ3) is 4.22. The van der Waals surface area contributed by atoms with Crippen molar-refractivity contribution in [2.45, 2.75) is 32.1 Å². The van der Waals surface area contributed by atoms with Gasteiger partial charge in [-0.1, -0.05) is 34.9 Å². The predicted molar refractivity (Wildman–Crippen MR) is 77.8 cm³/mol. The molecule has 0 bridgehead atoms. The lowest BCUT2D eigenvalue weighted by atomic mass is 9.97. The lowest BCUT2D eigenvalue weighted by molar-refractivity contribution is 0.0954. The van der Waals surface area contributed by atoms with Gasteiger partial charge in [0.05, 0.1) is 10.6 Å². The summed E-state index contributed by atoms with van der Waals surface area (Å²) >= 11 is 11.7. The van der Waals surface area contributed by atoms with Crippen LogP contribution in [-0.2, 0) is 0 Å². The molecule has 1 aliphatic rings. The van der Waals surface area contributed by atoms with E-state index < -0.39 is 0 Å². The Balaban J connectivity index is 1.87. The van der Waals surface area contributed by atoms with Crippen LogP contribution in [0.25, 0.3) is 0 Å². The summed E-state index contributed by atoms with van der Waals surface area (Å²) in [5, 5.41) is 3.45. The second-order valence-electron chi connectivity index (χ2n) is 4.60. The van der Waals surface area contributed by atoms with Gasteiger partial charge in [-0.05, 0) is 38.2 Å². The van der Waals surface area contributed by atoms with E-state index in [0.29, 0.717) is 17.1 Å². The maximum absolute atomic E-state index is 12.0. The molecule has 0 saturated carbocycles. The topological polar surface area (TPSA) is 42.0 Å². The highest BCUT2D eigenvalue weighted by atomic mass is 35.5. The van der Waals surface area contributed by atoms with Crippen molar-refractivity contribution in [3.63, 3.8) is 0 Å². The van der Waals surface area contributed by atoms with Crippen molar-refractivity contribution in [1.29, 1.82) is 0 Å². The van der Waals surface area contributed by atoms with E-state index in [2.05, 4.69) is 16.4 Å². The Morgan fingerprint density at radius 1 is 1.37 bits per heavy atom. The number of aromatic nitrogens is 1. The highest BCUT2D eigenvalue weighted by molar-refractivity contribution is 6.35. The van der Waals surface area contributed by atoms with Gasteiger partial charge < -0.3 is 5.32 Å². The summed E-state index contributed by atoms with van der Waals surface area (Å²) in [5.74, 6) is -0.203. The Kier molecular flexibility index (Phi) is 5.23. The maximum Gasteiger partial charge on any atom is 0.252 e. The van der Waals surface area contributed by atoms with Crippen LogP contribution in [0.5, 0.6) is 0 Å². The molecule has 1 N–H and O–H groups in total. The molecule has 1 heterocycles. The highest BCUT2D eigenvalue weighted by Gasteiger charge is 2.11. The van der Waals surface area contributed by atoms with E-state index in [1.807, 2.05) is 0 Å². The van der Waals surface area contributed by atoms with Gasteiger partial charge in [0.1, 0.15) is 5.15 Å². The first-order valence-electron chi connectivity index (χ1n) is 6.44. The summed E-state index contributed by atoms with van der Waals surface area (Å²) in [6.45, 7) is 0.626. The van der Waals surface area contributed by atoms with Crippen molar-refractivity contribution in [3.05, 3.63) is 39.7 Å². The van der Waals surface area contributed by atoms with Crippen LogP contribution in [0.4, 0.5) is 0 Å². The van der Waals surface area contributed by atoms with E-state index in [-0.39, 0.29) is 11.1 Å². The zero-order valence-electron chi connectivity index (χ0n) is 10.6. The summed E-state index contributed by atoms with van der Waals surface area (Å²) in [6, 6.07) is 1.49. The van der Waals surface area contributed by atoms with Gasteiger partial charge in [-0.2, -0.15) is 0 Å². The van der Waals surface area contributed by atoms with Crippen LogP contribution < -0.4 is 5.32 Å². The molecule has 0 atom stereocenters. The Morgan fingerprint density at radius 2 is 2.21 bits per heavy atom. The normalized spacial score (nSPS) is 14.9. The minimum atomic E-state index is -0.203. The lowest BCUT2D eigenvalue weighted by Crippen LogP contribution is -2.25. The molecule has 0 unspecified atom stereocenters. The third-order valence-corrected chi connectivity index (χ3v) is 3.69. The minimum absolute atomic E-state index is 0.203. The number of halogens is 2. The smallest absolute Gasteiger partial charge is 0.252 e. The fourth-order valence-electron chi connectivity index (χ4n) is 2.15. The quantitative estimate of drug-likeness (QED) is 0.674. The van der Waals surface area contributed by atoms with E-state index >= 15 is 0 Å². The fraction of sp³-hybridized carbons (Fsp3) is 0.429. The third-order valence-electron chi connectivity index (χ3n) is 3.18. The van der Waals surface area contributed by atoms with Crippen LogP contribution in [0.3, 0.4) is 0 Å². The zero-order valence-corrected chi connectivity index (χ0v) is 12.1. The SMILES string of the molecule is O=C(NCCC1=CCCCC1)c1cc(Cl)ncc1Cl. The second kappa shape index (κ2) is 6.92. The van der Waals surface area contributed by atoms with Gasteiger partial charge in [0.2, 0.25) is 0 Å². The van der Waals surface area contributed by atoms with E-state index in [0.717, 1.165) is 19.3 Å². The molecular formula is C14H16Cl2N2O. The average molecular weight is 299 g/mol. The number of rotatable bonds is 4. The Hall–Kier alpha value is -1.06. The average Bonchev–Trinajstić information content (AvgIpc) is 2.42. The van der Waals surface area contributed by atoms with Crippen molar-refractivity contribution in [1.82, 2.24) is 10.3 Å². The molecule has 0 aromatic carbocycles. The largest absolute Gasteiger partial charge is 0.352 e. The molecule has 0 aliphatic heterocycles. The monoisotopic (exact) mass is 298 g/mol. The molecule has 1 aromatic rings. The summed E-state index contributed by atoms with van der Waals surface area (Å²) in [4.78, 5) is 15.8. The van der Waals surface area contributed by atoms with E-state index in [1.54, 1.807) is 0 Å². The molecule has 0 spiro atoms. The van der Waals surface area contributed by atoms with Gasteiger partial charge in [0.25, 0.3) is 5.91 Å². The first-order valence-corrected chi connectivity index (χ1v) is 7.19. The van der Waals surface area contributed by atoms with Gasteiger partial charge >= 0.3 is 0 Å². The van der Waals surface area contributed by atoms with Gasteiger partial charge in [0.15, 0.2) is 0 Å². The molecule has 1 amide bonds. The van der Waals surface area contributed by atoms with Gasteiger partial charge in [-0.3, -0.25) is 4.79 Å². The Bertz CT molecular complexity index is 500. The molecule has 1 aromatic heterocycles. The number of nitrogens with one attached hydrogen (secondary N) is 1. The highest BCUT2D eigenvalue weighted by Crippen LogP contribution is 2.20. The number of carbonyl (C=O) groups is 1. The minimum Gasteiger partial charge on any atom is -0.352 e. The van der Waals surface area contributed by atoms with Gasteiger partial charge in [-0.25, -0.2) is 4.98 Å². The summed E-state index contributed by atoms with van der Waals surface area (Å²) in [6.07, 6.45) is 9.43. The molecule has 5 heteroatoms. The Labute approximate surface area is 123 Å². The first-order chi connectivity index (χ1) is 9.16. The fourth-order valence-corrected chi connectivity index (χ4v) is 2.50. The van der Waals surface area contributed by atoms with Gasteiger partial charge in [0, 0.05) is 12.7 Å². The number of nitrogens with zero attached hydrogens (tertiary/aromatic N) is 1. The zero-order chi connectivity index (χ0) is 13.7. The molecule has 19 heavy (non-hydrogen) atoms. The molecule has 3 nitrogen and oxygen atoms in total. The second-order valence-corrected chi connectivity index (χ2v) is 5.40. The van der Waals surface area contributed by atoms with Crippen molar-refractivity contribution in [3.8, 4) is 0 Å². The predicted octanol–water partition coefficient (Wildman–Crippen LogP) is 4.01. The van der Waals surface area contributed by atoms with Crippen molar-refractivity contribution in [2.24, 2.45) is 0 Å². The summed E-state index contributed by atoms with van der Waals surface area (Å²) in [5.41, 5.74) is 1.81. The maximum atomic E-state index is 12.0. The molecule has 0 saturated heterocycles. The van der Waals surface area contributed by atoms with Crippen LogP contribution in [0.2, 0.25) is 10.2 Å². The summed E-state index contributed by atoms with van der Waals surface area (Å²) < 4.78 is 0. The van der Waals surface area contributed by atoms with Crippen LogP contribution in [0, 0.1) is 0 Å².